The van der Waals surface area contributed by atoms with Gasteiger partial charge in [-0.3, -0.25) is 14.7 Å². The molecular formula is C19H19ClFN3O. The van der Waals surface area contributed by atoms with Crippen LogP contribution in [-0.4, -0.2) is 35.4 Å². The first-order chi connectivity index (χ1) is 12.1. The Kier molecular flexibility index (Phi) is 4.21. The van der Waals surface area contributed by atoms with E-state index in [-0.39, 0.29) is 22.2 Å². The zero-order chi connectivity index (χ0) is 17.4. The van der Waals surface area contributed by atoms with Gasteiger partial charge >= 0.3 is 0 Å². The normalized spacial score (nSPS) is 19.9. The monoisotopic (exact) mass is 359 g/mol. The Morgan fingerprint density at radius 2 is 2.04 bits per heavy atom. The Morgan fingerprint density at radius 1 is 1.24 bits per heavy atom. The van der Waals surface area contributed by atoms with Crippen molar-refractivity contribution in [1.82, 2.24) is 9.88 Å². The lowest BCUT2D eigenvalue weighted by molar-refractivity contribution is -0.138. The highest BCUT2D eigenvalue weighted by atomic mass is 35.5. The molecule has 130 valence electrons. The minimum atomic E-state index is -0.381. The lowest BCUT2D eigenvalue weighted by Gasteiger charge is -2.52. The van der Waals surface area contributed by atoms with E-state index in [4.69, 9.17) is 11.6 Å². The summed E-state index contributed by atoms with van der Waals surface area (Å²) in [5.41, 5.74) is 1.56. The number of carbonyl (C=O) groups excluding carboxylic acids is 1. The molecule has 4 nitrogen and oxygen atoms in total. The average Bonchev–Trinajstić information content (AvgIpc) is 2.64. The van der Waals surface area contributed by atoms with Gasteiger partial charge in [-0.05, 0) is 55.8 Å². The Balaban J connectivity index is 1.36. The standard InChI is InChI=1S/C19H19ClFN3O/c20-16-4-3-14(10-17(16)21)12-23-8-5-19(6-9-23)13-24(18(19)25)15-2-1-7-22-11-15/h1-4,7,10-11H,5-6,8-9,12-13H2. The van der Waals surface area contributed by atoms with Crippen molar-refractivity contribution in [2.45, 2.75) is 19.4 Å². The average molecular weight is 360 g/mol. The van der Waals surface area contributed by atoms with Crippen molar-refractivity contribution in [3.05, 3.63) is 59.1 Å². The van der Waals surface area contributed by atoms with Gasteiger partial charge < -0.3 is 4.90 Å². The topological polar surface area (TPSA) is 36.4 Å². The molecule has 1 spiro atoms. The molecule has 2 aliphatic rings. The lowest BCUT2D eigenvalue weighted by atomic mass is 9.71. The van der Waals surface area contributed by atoms with Crippen molar-refractivity contribution in [2.24, 2.45) is 5.41 Å². The van der Waals surface area contributed by atoms with Crippen LogP contribution in [0.5, 0.6) is 0 Å². The number of anilines is 1. The number of likely N-dealkylation sites (tertiary alicyclic amines) is 1. The lowest BCUT2D eigenvalue weighted by Crippen LogP contribution is -2.65. The van der Waals surface area contributed by atoms with Crippen molar-refractivity contribution >= 4 is 23.2 Å². The number of rotatable bonds is 3. The second kappa shape index (κ2) is 6.39. The van der Waals surface area contributed by atoms with Gasteiger partial charge in [0.2, 0.25) is 5.91 Å². The number of piperidine rings is 1. The van der Waals surface area contributed by atoms with E-state index in [1.165, 1.54) is 6.07 Å². The molecule has 0 N–H and O–H groups in total. The van der Waals surface area contributed by atoms with E-state index in [2.05, 4.69) is 9.88 Å². The van der Waals surface area contributed by atoms with Crippen LogP contribution in [0, 0.1) is 11.2 Å². The number of β-lactam (4-membered cyclic amide) rings is 1. The summed E-state index contributed by atoms with van der Waals surface area (Å²) in [6.45, 7) is 3.14. The number of benzene rings is 1. The van der Waals surface area contributed by atoms with Crippen LogP contribution in [0.25, 0.3) is 0 Å². The Bertz CT molecular complexity index is 791. The predicted octanol–water partition coefficient (Wildman–Crippen LogP) is 3.50. The maximum atomic E-state index is 13.6. The molecular weight excluding hydrogens is 341 g/mol. The summed E-state index contributed by atoms with van der Waals surface area (Å²) in [6.07, 6.45) is 5.13. The molecule has 6 heteroatoms. The first kappa shape index (κ1) is 16.5. The number of carbonyl (C=O) groups is 1. The second-order valence-electron chi connectivity index (χ2n) is 6.91. The molecule has 0 atom stereocenters. The summed E-state index contributed by atoms with van der Waals surface area (Å²) in [5.74, 6) is -0.174. The molecule has 25 heavy (non-hydrogen) atoms. The minimum absolute atomic E-state index is 0.150. The largest absolute Gasteiger partial charge is 0.309 e. The third-order valence-electron chi connectivity index (χ3n) is 5.32. The number of halogens is 2. The van der Waals surface area contributed by atoms with E-state index >= 15 is 0 Å². The Morgan fingerprint density at radius 3 is 2.68 bits per heavy atom. The first-order valence-corrected chi connectivity index (χ1v) is 8.83. The van der Waals surface area contributed by atoms with E-state index in [1.807, 2.05) is 23.1 Å². The van der Waals surface area contributed by atoms with Crippen LogP contribution in [0.2, 0.25) is 5.02 Å². The molecule has 2 saturated heterocycles. The zero-order valence-corrected chi connectivity index (χ0v) is 14.5. The second-order valence-corrected chi connectivity index (χ2v) is 7.31. The summed E-state index contributed by atoms with van der Waals surface area (Å²) in [7, 11) is 0. The molecule has 0 bridgehead atoms. The van der Waals surface area contributed by atoms with Crippen molar-refractivity contribution in [3.8, 4) is 0 Å². The molecule has 1 aromatic carbocycles. The molecule has 1 amide bonds. The van der Waals surface area contributed by atoms with Crippen molar-refractivity contribution in [2.75, 3.05) is 24.5 Å². The Hall–Kier alpha value is -1.98. The van der Waals surface area contributed by atoms with Crippen LogP contribution < -0.4 is 4.90 Å². The number of hydrogen-bond acceptors (Lipinski definition) is 3. The van der Waals surface area contributed by atoms with Gasteiger partial charge in [-0.25, -0.2) is 4.39 Å². The molecule has 2 fully saturated rings. The predicted molar refractivity (Wildman–Crippen MR) is 94.9 cm³/mol. The van der Waals surface area contributed by atoms with Crippen molar-refractivity contribution in [1.29, 1.82) is 0 Å². The van der Waals surface area contributed by atoms with Crippen LogP contribution >= 0.6 is 11.6 Å². The molecule has 2 aromatic rings. The van der Waals surface area contributed by atoms with Crippen LogP contribution in [-0.2, 0) is 11.3 Å². The van der Waals surface area contributed by atoms with Gasteiger partial charge in [-0.1, -0.05) is 17.7 Å². The summed E-state index contributed by atoms with van der Waals surface area (Å²) in [6, 6.07) is 8.71. The zero-order valence-electron chi connectivity index (χ0n) is 13.8. The number of hydrogen-bond donors (Lipinski definition) is 0. The summed E-state index contributed by atoms with van der Waals surface area (Å²) >= 11 is 5.73. The SMILES string of the molecule is O=C1N(c2cccnc2)CC12CCN(Cc1ccc(Cl)c(F)c1)CC2. The van der Waals surface area contributed by atoms with Crippen molar-refractivity contribution in [3.63, 3.8) is 0 Å². The van der Waals surface area contributed by atoms with E-state index in [0.717, 1.165) is 43.7 Å². The van der Waals surface area contributed by atoms with Gasteiger partial charge in [0.25, 0.3) is 0 Å². The van der Waals surface area contributed by atoms with Gasteiger partial charge in [0, 0.05) is 19.3 Å². The summed E-state index contributed by atoms with van der Waals surface area (Å²) in [5, 5.41) is 0.150. The Labute approximate surface area is 151 Å². The van der Waals surface area contributed by atoms with Gasteiger partial charge in [0.1, 0.15) is 5.82 Å². The maximum Gasteiger partial charge on any atom is 0.235 e. The van der Waals surface area contributed by atoms with Crippen LogP contribution in [0.1, 0.15) is 18.4 Å². The number of pyridine rings is 1. The van der Waals surface area contributed by atoms with E-state index in [9.17, 15) is 9.18 Å². The molecule has 1 aromatic heterocycles. The highest BCUT2D eigenvalue weighted by Crippen LogP contribution is 2.43. The smallest absolute Gasteiger partial charge is 0.235 e. The van der Waals surface area contributed by atoms with Crippen molar-refractivity contribution < 1.29 is 9.18 Å². The van der Waals surface area contributed by atoms with E-state index < -0.39 is 0 Å². The van der Waals surface area contributed by atoms with Crippen LogP contribution in [0.4, 0.5) is 10.1 Å². The van der Waals surface area contributed by atoms with Gasteiger partial charge in [-0.15, -0.1) is 0 Å². The van der Waals surface area contributed by atoms with Gasteiger partial charge in [0.15, 0.2) is 0 Å². The fraction of sp³-hybridized carbons (Fsp3) is 0.368. The fourth-order valence-corrected chi connectivity index (χ4v) is 3.88. The summed E-state index contributed by atoms with van der Waals surface area (Å²) in [4.78, 5) is 20.9. The molecule has 4 rings (SSSR count). The van der Waals surface area contributed by atoms with E-state index in [1.54, 1.807) is 18.5 Å². The van der Waals surface area contributed by atoms with Gasteiger partial charge in [0.05, 0.1) is 22.3 Å². The molecule has 2 aliphatic heterocycles. The highest BCUT2D eigenvalue weighted by molar-refractivity contribution is 6.30. The minimum Gasteiger partial charge on any atom is -0.309 e. The van der Waals surface area contributed by atoms with Crippen LogP contribution in [0.15, 0.2) is 42.7 Å². The highest BCUT2D eigenvalue weighted by Gasteiger charge is 2.53. The van der Waals surface area contributed by atoms with Gasteiger partial charge in [-0.2, -0.15) is 0 Å². The fourth-order valence-electron chi connectivity index (χ4n) is 3.77. The number of aromatic nitrogens is 1. The quantitative estimate of drug-likeness (QED) is 0.787. The molecule has 0 aliphatic carbocycles. The van der Waals surface area contributed by atoms with E-state index in [0.29, 0.717) is 6.54 Å². The van der Waals surface area contributed by atoms with Crippen LogP contribution in [0.3, 0.4) is 0 Å². The number of nitrogens with zero attached hydrogens (tertiary/aromatic N) is 3. The molecule has 3 heterocycles. The molecule has 0 saturated carbocycles. The maximum absolute atomic E-state index is 13.6. The third kappa shape index (κ3) is 3.02. The molecule has 0 radical (unpaired) electrons. The molecule has 0 unspecified atom stereocenters. The number of amides is 1. The third-order valence-corrected chi connectivity index (χ3v) is 5.63. The summed E-state index contributed by atoms with van der Waals surface area (Å²) < 4.78 is 13.6. The first-order valence-electron chi connectivity index (χ1n) is 8.46.